The maximum Gasteiger partial charge on any atom is 0.209 e. The molecule has 1 aromatic heterocycles. The van der Waals surface area contributed by atoms with E-state index in [1.54, 1.807) is 30.6 Å². The lowest BCUT2D eigenvalue weighted by Gasteiger charge is -2.22. The monoisotopic (exact) mass is 339 g/mol. The molecular formula is C19H14ClNO3. The molecule has 120 valence electrons. The Labute approximate surface area is 144 Å². The Morgan fingerprint density at radius 3 is 2.83 bits per heavy atom. The highest BCUT2D eigenvalue weighted by atomic mass is 35.5. The summed E-state index contributed by atoms with van der Waals surface area (Å²) in [6, 6.07) is 9.72. The number of nitrogens with zero attached hydrogens (tertiary/aromatic N) is 1. The predicted octanol–water partition coefficient (Wildman–Crippen LogP) is 3.88. The van der Waals surface area contributed by atoms with Crippen LogP contribution in [-0.4, -0.2) is 23.2 Å². The summed E-state index contributed by atoms with van der Waals surface area (Å²) in [6.45, 7) is 0.410. The predicted molar refractivity (Wildman–Crippen MR) is 90.5 cm³/mol. The summed E-state index contributed by atoms with van der Waals surface area (Å²) in [5.41, 5.74) is 2.83. The van der Waals surface area contributed by atoms with Crippen molar-refractivity contribution < 1.29 is 14.3 Å². The number of hydrogen-bond acceptors (Lipinski definition) is 4. The van der Waals surface area contributed by atoms with Crippen LogP contribution in [0.3, 0.4) is 0 Å². The van der Waals surface area contributed by atoms with E-state index in [-0.39, 0.29) is 11.9 Å². The first kappa shape index (κ1) is 15.3. The SMILES string of the molecule is O=C1C=CC2(C=C1)OCC(c1cccc(-c3cnccc3Cl)c1)O2. The fourth-order valence-corrected chi connectivity index (χ4v) is 3.05. The number of pyridine rings is 1. The molecule has 0 bridgehead atoms. The molecule has 0 saturated carbocycles. The van der Waals surface area contributed by atoms with Crippen molar-refractivity contribution >= 4 is 17.4 Å². The lowest BCUT2D eigenvalue weighted by molar-refractivity contribution is -0.113. The quantitative estimate of drug-likeness (QED) is 0.833. The van der Waals surface area contributed by atoms with E-state index in [2.05, 4.69) is 4.98 Å². The Balaban J connectivity index is 1.61. The molecule has 1 spiro atoms. The van der Waals surface area contributed by atoms with Gasteiger partial charge in [-0.05, 0) is 47.6 Å². The Morgan fingerprint density at radius 2 is 2.04 bits per heavy atom. The van der Waals surface area contributed by atoms with Crippen molar-refractivity contribution in [2.75, 3.05) is 6.61 Å². The molecule has 1 fully saturated rings. The van der Waals surface area contributed by atoms with Crippen molar-refractivity contribution in [3.05, 3.63) is 77.6 Å². The van der Waals surface area contributed by atoms with E-state index < -0.39 is 5.79 Å². The van der Waals surface area contributed by atoms with E-state index >= 15 is 0 Å². The summed E-state index contributed by atoms with van der Waals surface area (Å²) in [6.07, 6.45) is 9.42. The van der Waals surface area contributed by atoms with E-state index in [1.165, 1.54) is 12.2 Å². The summed E-state index contributed by atoms with van der Waals surface area (Å²) in [5.74, 6) is -1.01. The van der Waals surface area contributed by atoms with Gasteiger partial charge in [0.1, 0.15) is 6.10 Å². The molecule has 1 aliphatic heterocycles. The van der Waals surface area contributed by atoms with Gasteiger partial charge in [-0.2, -0.15) is 0 Å². The molecule has 2 aliphatic rings. The summed E-state index contributed by atoms with van der Waals surface area (Å²) in [4.78, 5) is 15.4. The number of carbonyl (C=O) groups is 1. The van der Waals surface area contributed by atoms with Crippen molar-refractivity contribution in [3.8, 4) is 11.1 Å². The number of benzene rings is 1. The largest absolute Gasteiger partial charge is 0.340 e. The molecule has 1 aliphatic carbocycles. The number of aromatic nitrogens is 1. The molecule has 0 N–H and O–H groups in total. The van der Waals surface area contributed by atoms with Crippen LogP contribution in [0.4, 0.5) is 0 Å². The molecule has 1 atom stereocenters. The van der Waals surface area contributed by atoms with Crippen LogP contribution in [0.25, 0.3) is 11.1 Å². The minimum Gasteiger partial charge on any atom is -0.340 e. The van der Waals surface area contributed by atoms with Gasteiger partial charge in [0, 0.05) is 18.0 Å². The van der Waals surface area contributed by atoms with Crippen LogP contribution < -0.4 is 0 Å². The first-order valence-electron chi connectivity index (χ1n) is 7.59. The van der Waals surface area contributed by atoms with Gasteiger partial charge in [-0.3, -0.25) is 9.78 Å². The van der Waals surface area contributed by atoms with Gasteiger partial charge in [-0.1, -0.05) is 29.8 Å². The fraction of sp³-hybridized carbons (Fsp3) is 0.158. The molecule has 5 heteroatoms. The van der Waals surface area contributed by atoms with Crippen molar-refractivity contribution in [3.63, 3.8) is 0 Å². The first-order valence-corrected chi connectivity index (χ1v) is 7.97. The molecule has 1 aromatic carbocycles. The first-order chi connectivity index (χ1) is 11.7. The number of allylic oxidation sites excluding steroid dienone is 2. The van der Waals surface area contributed by atoms with E-state index in [0.717, 1.165) is 16.7 Å². The topological polar surface area (TPSA) is 48.4 Å². The second kappa shape index (κ2) is 5.98. The molecule has 4 rings (SSSR count). The second-order valence-corrected chi connectivity index (χ2v) is 6.10. The van der Waals surface area contributed by atoms with Gasteiger partial charge in [0.05, 0.1) is 11.6 Å². The van der Waals surface area contributed by atoms with Gasteiger partial charge in [-0.15, -0.1) is 0 Å². The Kier molecular flexibility index (Phi) is 3.81. The highest BCUT2D eigenvalue weighted by molar-refractivity contribution is 6.33. The zero-order valence-corrected chi connectivity index (χ0v) is 13.4. The van der Waals surface area contributed by atoms with Crippen LogP contribution in [0, 0.1) is 0 Å². The van der Waals surface area contributed by atoms with Crippen LogP contribution in [-0.2, 0) is 14.3 Å². The third kappa shape index (κ3) is 2.80. The highest BCUT2D eigenvalue weighted by Gasteiger charge is 2.39. The summed E-state index contributed by atoms with van der Waals surface area (Å²) < 4.78 is 11.8. The third-order valence-electron chi connectivity index (χ3n) is 4.08. The molecule has 0 amide bonds. The van der Waals surface area contributed by atoms with Crippen molar-refractivity contribution in [2.45, 2.75) is 11.9 Å². The molecule has 1 saturated heterocycles. The summed E-state index contributed by atoms with van der Waals surface area (Å²) >= 11 is 6.25. The number of hydrogen-bond donors (Lipinski definition) is 0. The molecule has 1 unspecified atom stereocenters. The number of carbonyl (C=O) groups excluding carboxylic acids is 1. The molecule has 2 aromatic rings. The summed E-state index contributed by atoms with van der Waals surface area (Å²) in [5, 5.41) is 0.652. The van der Waals surface area contributed by atoms with Crippen molar-refractivity contribution in [2.24, 2.45) is 0 Å². The average Bonchev–Trinajstić information content (AvgIpc) is 3.03. The van der Waals surface area contributed by atoms with Gasteiger partial charge >= 0.3 is 0 Å². The maximum absolute atomic E-state index is 11.3. The molecule has 2 heterocycles. The molecule has 24 heavy (non-hydrogen) atoms. The normalized spacial score (nSPS) is 21.5. The zero-order valence-electron chi connectivity index (χ0n) is 12.7. The van der Waals surface area contributed by atoms with Crippen molar-refractivity contribution in [1.82, 2.24) is 4.98 Å². The Bertz CT molecular complexity index is 843. The smallest absolute Gasteiger partial charge is 0.209 e. The minimum atomic E-state index is -0.944. The summed E-state index contributed by atoms with van der Waals surface area (Å²) in [7, 11) is 0. The van der Waals surface area contributed by atoms with E-state index in [4.69, 9.17) is 21.1 Å². The highest BCUT2D eigenvalue weighted by Crippen LogP contribution is 2.38. The maximum atomic E-state index is 11.3. The number of ketones is 1. The van der Waals surface area contributed by atoms with Gasteiger partial charge in [0.2, 0.25) is 5.79 Å². The third-order valence-corrected chi connectivity index (χ3v) is 4.41. The Hall–Kier alpha value is -2.27. The standard InChI is InChI=1S/C19H14ClNO3/c20-17-6-9-21-11-16(17)13-2-1-3-14(10-13)18-12-23-19(24-18)7-4-15(22)5-8-19/h1-11,18H,12H2. The lowest BCUT2D eigenvalue weighted by Crippen LogP contribution is -2.27. The van der Waals surface area contributed by atoms with Crippen molar-refractivity contribution in [1.29, 1.82) is 0 Å². The van der Waals surface area contributed by atoms with Crippen LogP contribution >= 0.6 is 11.6 Å². The van der Waals surface area contributed by atoms with Gasteiger partial charge in [0.25, 0.3) is 0 Å². The number of rotatable bonds is 2. The van der Waals surface area contributed by atoms with Gasteiger partial charge in [0.15, 0.2) is 5.78 Å². The fourth-order valence-electron chi connectivity index (χ4n) is 2.84. The molecular weight excluding hydrogens is 326 g/mol. The van der Waals surface area contributed by atoms with Gasteiger partial charge < -0.3 is 9.47 Å². The van der Waals surface area contributed by atoms with Crippen LogP contribution in [0.5, 0.6) is 0 Å². The van der Waals surface area contributed by atoms with Crippen LogP contribution in [0.2, 0.25) is 5.02 Å². The molecule has 4 nitrogen and oxygen atoms in total. The Morgan fingerprint density at radius 1 is 1.21 bits per heavy atom. The zero-order chi connectivity index (χ0) is 16.6. The number of halogens is 1. The second-order valence-electron chi connectivity index (χ2n) is 5.69. The lowest BCUT2D eigenvalue weighted by atomic mass is 10.0. The minimum absolute atomic E-state index is 0.0653. The van der Waals surface area contributed by atoms with Gasteiger partial charge in [-0.25, -0.2) is 0 Å². The van der Waals surface area contributed by atoms with E-state index in [1.807, 2.05) is 24.3 Å². The van der Waals surface area contributed by atoms with Crippen LogP contribution in [0.1, 0.15) is 11.7 Å². The van der Waals surface area contributed by atoms with E-state index in [9.17, 15) is 4.79 Å². The number of ether oxygens (including phenoxy) is 2. The van der Waals surface area contributed by atoms with Crippen LogP contribution in [0.15, 0.2) is 67.0 Å². The van der Waals surface area contributed by atoms with E-state index in [0.29, 0.717) is 11.6 Å². The average molecular weight is 340 g/mol. The molecule has 0 radical (unpaired) electrons.